The Kier molecular flexibility index (Phi) is 3.62. The topological polar surface area (TPSA) is 15.3 Å². The molecule has 2 aliphatic heterocycles. The Balaban J connectivity index is 1.81. The number of alkyl halides is 1. The van der Waals surface area contributed by atoms with Gasteiger partial charge in [-0.1, -0.05) is 30.3 Å². The number of piperidine rings is 1. The van der Waals surface area contributed by atoms with Crippen molar-refractivity contribution in [3.8, 4) is 0 Å². The molecule has 0 spiro atoms. The second-order valence-electron chi connectivity index (χ2n) is 5.38. The largest absolute Gasteiger partial charge is 0.317 e. The molecule has 0 amide bonds. The molecule has 2 nitrogen and oxygen atoms in total. The summed E-state index contributed by atoms with van der Waals surface area (Å²) >= 11 is 0. The van der Waals surface area contributed by atoms with E-state index in [9.17, 15) is 4.39 Å². The average molecular weight is 248 g/mol. The fourth-order valence-electron chi connectivity index (χ4n) is 3.38. The van der Waals surface area contributed by atoms with Crippen LogP contribution in [0.25, 0.3) is 0 Å². The van der Waals surface area contributed by atoms with Crippen LogP contribution >= 0.6 is 0 Å². The predicted octanol–water partition coefficient (Wildman–Crippen LogP) is 2.52. The van der Waals surface area contributed by atoms with Crippen molar-refractivity contribution in [3.05, 3.63) is 35.9 Å². The third-order valence-electron chi connectivity index (χ3n) is 4.28. The molecule has 18 heavy (non-hydrogen) atoms. The van der Waals surface area contributed by atoms with E-state index in [1.165, 1.54) is 0 Å². The van der Waals surface area contributed by atoms with Crippen LogP contribution in [0.15, 0.2) is 30.3 Å². The SMILES string of the molecule is FC1CCN(C2CCNCC2)C1c1ccccc1. The summed E-state index contributed by atoms with van der Waals surface area (Å²) in [5.74, 6) is 0. The Hall–Kier alpha value is -0.930. The molecule has 0 bridgehead atoms. The molecule has 1 aromatic carbocycles. The average Bonchev–Trinajstić information content (AvgIpc) is 2.83. The molecule has 0 aromatic heterocycles. The highest BCUT2D eigenvalue weighted by Gasteiger charge is 2.39. The zero-order valence-corrected chi connectivity index (χ0v) is 10.7. The highest BCUT2D eigenvalue weighted by molar-refractivity contribution is 5.22. The van der Waals surface area contributed by atoms with Gasteiger partial charge in [0.15, 0.2) is 0 Å². The molecular formula is C15H21FN2. The second kappa shape index (κ2) is 5.37. The Bertz CT molecular complexity index is 375. The van der Waals surface area contributed by atoms with Crippen LogP contribution in [0.1, 0.15) is 30.9 Å². The standard InChI is InChI=1S/C15H21FN2/c16-14-8-11-18(13-6-9-17-10-7-13)15(14)12-4-2-1-3-5-12/h1-5,13-15,17H,6-11H2. The lowest BCUT2D eigenvalue weighted by Gasteiger charge is -2.36. The van der Waals surface area contributed by atoms with Crippen molar-refractivity contribution in [2.24, 2.45) is 0 Å². The maximum atomic E-state index is 14.2. The van der Waals surface area contributed by atoms with Crippen molar-refractivity contribution in [2.75, 3.05) is 19.6 Å². The van der Waals surface area contributed by atoms with Gasteiger partial charge in [0.1, 0.15) is 6.17 Å². The van der Waals surface area contributed by atoms with Gasteiger partial charge in [0.2, 0.25) is 0 Å². The van der Waals surface area contributed by atoms with Crippen LogP contribution in [-0.4, -0.2) is 36.7 Å². The van der Waals surface area contributed by atoms with Crippen LogP contribution < -0.4 is 5.32 Å². The highest BCUT2D eigenvalue weighted by Crippen LogP contribution is 2.37. The van der Waals surface area contributed by atoms with Crippen LogP contribution in [0.4, 0.5) is 4.39 Å². The van der Waals surface area contributed by atoms with E-state index in [0.717, 1.165) is 38.0 Å². The summed E-state index contributed by atoms with van der Waals surface area (Å²) in [7, 11) is 0. The smallest absolute Gasteiger partial charge is 0.121 e. The molecule has 98 valence electrons. The second-order valence-corrected chi connectivity index (χ2v) is 5.38. The number of rotatable bonds is 2. The quantitative estimate of drug-likeness (QED) is 0.865. The lowest BCUT2D eigenvalue weighted by atomic mass is 9.99. The minimum absolute atomic E-state index is 0.0192. The van der Waals surface area contributed by atoms with Crippen LogP contribution in [0, 0.1) is 0 Å². The summed E-state index contributed by atoms with van der Waals surface area (Å²) in [6.07, 6.45) is 2.28. The van der Waals surface area contributed by atoms with Crippen molar-refractivity contribution >= 4 is 0 Å². The first-order valence-corrected chi connectivity index (χ1v) is 7.02. The number of likely N-dealkylation sites (tertiary alicyclic amines) is 1. The molecule has 3 rings (SSSR count). The normalized spacial score (nSPS) is 30.7. The van der Waals surface area contributed by atoms with Gasteiger partial charge in [-0.3, -0.25) is 4.90 Å². The summed E-state index contributed by atoms with van der Waals surface area (Å²) in [4.78, 5) is 2.40. The van der Waals surface area contributed by atoms with E-state index in [1.54, 1.807) is 0 Å². The highest BCUT2D eigenvalue weighted by atomic mass is 19.1. The number of benzene rings is 1. The molecule has 0 saturated carbocycles. The molecule has 2 unspecified atom stereocenters. The lowest BCUT2D eigenvalue weighted by molar-refractivity contribution is 0.120. The van der Waals surface area contributed by atoms with Gasteiger partial charge in [-0.05, 0) is 37.9 Å². The minimum atomic E-state index is -0.706. The number of nitrogens with zero attached hydrogens (tertiary/aromatic N) is 1. The zero-order chi connectivity index (χ0) is 12.4. The molecule has 1 aromatic rings. The Morgan fingerprint density at radius 2 is 1.78 bits per heavy atom. The van der Waals surface area contributed by atoms with Crippen molar-refractivity contribution < 1.29 is 4.39 Å². The predicted molar refractivity (Wildman–Crippen MR) is 71.3 cm³/mol. The monoisotopic (exact) mass is 248 g/mol. The molecule has 3 heteroatoms. The van der Waals surface area contributed by atoms with E-state index >= 15 is 0 Å². The van der Waals surface area contributed by atoms with Gasteiger partial charge in [-0.25, -0.2) is 4.39 Å². The number of hydrogen-bond donors (Lipinski definition) is 1. The first-order valence-electron chi connectivity index (χ1n) is 7.02. The zero-order valence-electron chi connectivity index (χ0n) is 10.7. The first-order chi connectivity index (χ1) is 8.86. The summed E-state index contributed by atoms with van der Waals surface area (Å²) < 4.78 is 14.2. The molecule has 1 N–H and O–H groups in total. The van der Waals surface area contributed by atoms with Crippen LogP contribution in [0.2, 0.25) is 0 Å². The van der Waals surface area contributed by atoms with E-state index in [1.807, 2.05) is 18.2 Å². The maximum Gasteiger partial charge on any atom is 0.121 e. The summed E-state index contributed by atoms with van der Waals surface area (Å²) in [6.45, 7) is 3.05. The van der Waals surface area contributed by atoms with Crippen molar-refractivity contribution in [2.45, 2.75) is 37.5 Å². The third kappa shape index (κ3) is 2.29. The van der Waals surface area contributed by atoms with E-state index in [4.69, 9.17) is 0 Å². The number of nitrogens with one attached hydrogen (secondary N) is 1. The summed E-state index contributed by atoms with van der Waals surface area (Å²) in [5.41, 5.74) is 1.14. The molecule has 2 atom stereocenters. The summed E-state index contributed by atoms with van der Waals surface area (Å²) in [6, 6.07) is 10.7. The Labute approximate surface area is 108 Å². The van der Waals surface area contributed by atoms with E-state index in [2.05, 4.69) is 22.3 Å². The number of hydrogen-bond acceptors (Lipinski definition) is 2. The van der Waals surface area contributed by atoms with Crippen molar-refractivity contribution in [1.82, 2.24) is 10.2 Å². The van der Waals surface area contributed by atoms with Gasteiger partial charge in [0.25, 0.3) is 0 Å². The lowest BCUT2D eigenvalue weighted by Crippen LogP contribution is -2.43. The molecule has 2 fully saturated rings. The first kappa shape index (κ1) is 12.1. The van der Waals surface area contributed by atoms with Gasteiger partial charge in [-0.2, -0.15) is 0 Å². The molecule has 0 aliphatic carbocycles. The molecule has 2 aliphatic rings. The van der Waals surface area contributed by atoms with E-state index in [-0.39, 0.29) is 6.04 Å². The van der Waals surface area contributed by atoms with Crippen LogP contribution in [-0.2, 0) is 0 Å². The van der Waals surface area contributed by atoms with Gasteiger partial charge in [-0.15, -0.1) is 0 Å². The Morgan fingerprint density at radius 1 is 1.06 bits per heavy atom. The maximum absolute atomic E-state index is 14.2. The van der Waals surface area contributed by atoms with E-state index < -0.39 is 6.17 Å². The van der Waals surface area contributed by atoms with Crippen LogP contribution in [0.3, 0.4) is 0 Å². The van der Waals surface area contributed by atoms with Gasteiger partial charge < -0.3 is 5.32 Å². The van der Waals surface area contributed by atoms with Crippen LogP contribution in [0.5, 0.6) is 0 Å². The summed E-state index contributed by atoms with van der Waals surface area (Å²) in [5, 5.41) is 3.38. The minimum Gasteiger partial charge on any atom is -0.317 e. The molecule has 0 radical (unpaired) electrons. The van der Waals surface area contributed by atoms with Crippen molar-refractivity contribution in [1.29, 1.82) is 0 Å². The third-order valence-corrected chi connectivity index (χ3v) is 4.28. The van der Waals surface area contributed by atoms with Gasteiger partial charge in [0.05, 0.1) is 6.04 Å². The molecule has 2 saturated heterocycles. The van der Waals surface area contributed by atoms with E-state index in [0.29, 0.717) is 12.5 Å². The fraction of sp³-hybridized carbons (Fsp3) is 0.600. The van der Waals surface area contributed by atoms with Gasteiger partial charge >= 0.3 is 0 Å². The number of halogens is 1. The fourth-order valence-corrected chi connectivity index (χ4v) is 3.38. The molecule has 2 heterocycles. The van der Waals surface area contributed by atoms with Gasteiger partial charge in [0, 0.05) is 12.6 Å². The van der Waals surface area contributed by atoms with Crippen molar-refractivity contribution in [3.63, 3.8) is 0 Å². The molecular weight excluding hydrogens is 227 g/mol. The Morgan fingerprint density at radius 3 is 2.50 bits per heavy atom.